The Bertz CT molecular complexity index is 518. The first kappa shape index (κ1) is 23.5. The summed E-state index contributed by atoms with van der Waals surface area (Å²) in [6.07, 6.45) is 5.69. The molecule has 6 heteroatoms. The fourth-order valence-corrected chi connectivity index (χ4v) is 3.53. The van der Waals surface area contributed by atoms with Gasteiger partial charge in [0.05, 0.1) is 13.1 Å². The lowest BCUT2D eigenvalue weighted by Gasteiger charge is -2.24. The van der Waals surface area contributed by atoms with Crippen molar-refractivity contribution < 1.29 is 19.2 Å². The van der Waals surface area contributed by atoms with Crippen LogP contribution in [0.3, 0.4) is 0 Å². The van der Waals surface area contributed by atoms with Crippen molar-refractivity contribution in [3.63, 3.8) is 0 Å². The Hall–Kier alpha value is -1.56. The molecule has 0 bridgehead atoms. The van der Waals surface area contributed by atoms with Crippen molar-refractivity contribution in [1.29, 1.82) is 0 Å². The predicted octanol–water partition coefficient (Wildman–Crippen LogP) is 2.63. The van der Waals surface area contributed by atoms with Crippen LogP contribution in [0.25, 0.3) is 0 Å². The Morgan fingerprint density at radius 2 is 1.63 bits per heavy atom. The number of rotatable bonds is 6. The van der Waals surface area contributed by atoms with E-state index in [4.69, 9.17) is 0 Å². The molecule has 0 aromatic heterocycles. The van der Waals surface area contributed by atoms with Crippen molar-refractivity contribution in [1.82, 2.24) is 9.80 Å². The summed E-state index contributed by atoms with van der Waals surface area (Å²) in [5.74, 6) is 0.332. The lowest BCUT2D eigenvalue weighted by Crippen LogP contribution is -2.37. The zero-order valence-corrected chi connectivity index (χ0v) is 17.3. The molecule has 0 saturated carbocycles. The maximum absolute atomic E-state index is 12.9. The van der Waals surface area contributed by atoms with E-state index in [0.29, 0.717) is 32.4 Å². The van der Waals surface area contributed by atoms with Crippen molar-refractivity contribution >= 4 is 23.3 Å². The molecular weight excluding hydrogens is 344 g/mol. The quantitative estimate of drug-likeness (QED) is 0.708. The SMILES string of the molecule is CCC(=O)CN1CCCCN(C(C)=O)CCCC[C@H](CCC(C)=O)C(=O)C1. The number of hydrogen-bond donors (Lipinski definition) is 0. The van der Waals surface area contributed by atoms with Crippen LogP contribution in [-0.2, 0) is 19.2 Å². The molecule has 154 valence electrons. The van der Waals surface area contributed by atoms with Crippen LogP contribution in [0, 0.1) is 5.92 Å². The molecule has 0 radical (unpaired) electrons. The van der Waals surface area contributed by atoms with Gasteiger partial charge in [-0.05, 0) is 45.6 Å². The summed E-state index contributed by atoms with van der Waals surface area (Å²) in [4.78, 5) is 51.8. The van der Waals surface area contributed by atoms with E-state index in [1.54, 1.807) is 13.8 Å². The van der Waals surface area contributed by atoms with Gasteiger partial charge in [0.15, 0.2) is 0 Å². The van der Waals surface area contributed by atoms with Gasteiger partial charge in [-0.2, -0.15) is 0 Å². The van der Waals surface area contributed by atoms with Crippen LogP contribution in [0.5, 0.6) is 0 Å². The van der Waals surface area contributed by atoms with E-state index in [1.165, 1.54) is 0 Å². The summed E-state index contributed by atoms with van der Waals surface area (Å²) in [6.45, 7) is 7.72. The number of Topliss-reactive ketones (excluding diaryl/α,β-unsaturated/α-hetero) is 3. The van der Waals surface area contributed by atoms with Gasteiger partial charge in [-0.1, -0.05) is 13.3 Å². The normalized spacial score (nSPS) is 21.1. The molecule has 0 unspecified atom stereocenters. The second-order valence-electron chi connectivity index (χ2n) is 7.72. The van der Waals surface area contributed by atoms with Gasteiger partial charge in [0, 0.05) is 38.8 Å². The number of carbonyl (C=O) groups is 4. The van der Waals surface area contributed by atoms with Gasteiger partial charge >= 0.3 is 0 Å². The standard InChI is InChI=1S/C21H36N2O4/c1-4-20(26)15-22-12-7-8-14-23(18(3)25)13-6-5-9-19(21(27)16-22)11-10-17(2)24/h19H,4-16H2,1-3H3/t19-/m1/s1. The fourth-order valence-electron chi connectivity index (χ4n) is 3.53. The molecule has 1 fully saturated rings. The first-order chi connectivity index (χ1) is 12.8. The van der Waals surface area contributed by atoms with Gasteiger partial charge in [0.1, 0.15) is 17.3 Å². The van der Waals surface area contributed by atoms with E-state index in [-0.39, 0.29) is 35.7 Å². The summed E-state index contributed by atoms with van der Waals surface area (Å²) < 4.78 is 0. The molecule has 1 rings (SSSR count). The summed E-state index contributed by atoms with van der Waals surface area (Å²) >= 11 is 0. The molecule has 0 spiro atoms. The van der Waals surface area contributed by atoms with Gasteiger partial charge in [-0.25, -0.2) is 0 Å². The third-order valence-electron chi connectivity index (χ3n) is 5.30. The highest BCUT2D eigenvalue weighted by Gasteiger charge is 2.23. The highest BCUT2D eigenvalue weighted by Crippen LogP contribution is 2.18. The number of carbonyl (C=O) groups excluding carboxylic acids is 4. The minimum Gasteiger partial charge on any atom is -0.343 e. The van der Waals surface area contributed by atoms with Gasteiger partial charge in [0.2, 0.25) is 5.91 Å². The van der Waals surface area contributed by atoms with Crippen LogP contribution in [0.15, 0.2) is 0 Å². The smallest absolute Gasteiger partial charge is 0.219 e. The Balaban J connectivity index is 2.84. The Kier molecular flexibility index (Phi) is 11.1. The number of amides is 1. The summed E-state index contributed by atoms with van der Waals surface area (Å²) in [6, 6.07) is 0. The first-order valence-corrected chi connectivity index (χ1v) is 10.3. The molecule has 1 amide bonds. The number of nitrogens with zero attached hydrogens (tertiary/aromatic N) is 2. The Morgan fingerprint density at radius 3 is 2.22 bits per heavy atom. The second-order valence-corrected chi connectivity index (χ2v) is 7.72. The molecule has 0 aromatic rings. The Morgan fingerprint density at radius 1 is 1.00 bits per heavy atom. The zero-order valence-electron chi connectivity index (χ0n) is 17.3. The Labute approximate surface area is 163 Å². The third kappa shape index (κ3) is 9.80. The molecule has 0 N–H and O–H groups in total. The third-order valence-corrected chi connectivity index (χ3v) is 5.30. The topological polar surface area (TPSA) is 74.8 Å². The van der Waals surface area contributed by atoms with Gasteiger partial charge in [0.25, 0.3) is 0 Å². The zero-order chi connectivity index (χ0) is 20.2. The van der Waals surface area contributed by atoms with E-state index >= 15 is 0 Å². The van der Waals surface area contributed by atoms with Gasteiger partial charge < -0.3 is 9.69 Å². The minimum atomic E-state index is -0.139. The maximum Gasteiger partial charge on any atom is 0.219 e. The van der Waals surface area contributed by atoms with Crippen LogP contribution in [0.1, 0.15) is 72.1 Å². The molecule has 27 heavy (non-hydrogen) atoms. The summed E-state index contributed by atoms with van der Waals surface area (Å²) in [7, 11) is 0. The van der Waals surface area contributed by atoms with Crippen LogP contribution in [0.4, 0.5) is 0 Å². The van der Waals surface area contributed by atoms with Crippen LogP contribution >= 0.6 is 0 Å². The highest BCUT2D eigenvalue weighted by atomic mass is 16.2. The lowest BCUT2D eigenvalue weighted by atomic mass is 9.91. The number of ketones is 3. The van der Waals surface area contributed by atoms with Crippen molar-refractivity contribution in [2.75, 3.05) is 32.7 Å². The van der Waals surface area contributed by atoms with Crippen LogP contribution in [0.2, 0.25) is 0 Å². The number of hydrogen-bond acceptors (Lipinski definition) is 5. The molecule has 1 saturated heterocycles. The maximum atomic E-state index is 12.9. The van der Waals surface area contributed by atoms with E-state index < -0.39 is 0 Å². The van der Waals surface area contributed by atoms with Crippen molar-refractivity contribution in [2.45, 2.75) is 72.1 Å². The first-order valence-electron chi connectivity index (χ1n) is 10.3. The molecule has 1 atom stereocenters. The van der Waals surface area contributed by atoms with E-state index in [0.717, 1.165) is 45.2 Å². The second kappa shape index (κ2) is 12.8. The molecule has 1 aliphatic rings. The van der Waals surface area contributed by atoms with E-state index in [2.05, 4.69) is 0 Å². The predicted molar refractivity (Wildman–Crippen MR) is 105 cm³/mol. The monoisotopic (exact) mass is 380 g/mol. The molecule has 1 aliphatic heterocycles. The average molecular weight is 381 g/mol. The average Bonchev–Trinajstić information content (AvgIpc) is 2.62. The van der Waals surface area contributed by atoms with Gasteiger partial charge in [-0.15, -0.1) is 0 Å². The van der Waals surface area contributed by atoms with Crippen LogP contribution in [-0.4, -0.2) is 65.8 Å². The van der Waals surface area contributed by atoms with Crippen LogP contribution < -0.4 is 0 Å². The van der Waals surface area contributed by atoms with Crippen molar-refractivity contribution in [2.24, 2.45) is 5.92 Å². The van der Waals surface area contributed by atoms with Crippen molar-refractivity contribution in [3.05, 3.63) is 0 Å². The largest absolute Gasteiger partial charge is 0.343 e. The molecule has 1 heterocycles. The van der Waals surface area contributed by atoms with Gasteiger partial charge in [-0.3, -0.25) is 19.3 Å². The molecular formula is C21H36N2O4. The molecule has 0 aliphatic carbocycles. The fraction of sp³-hybridized carbons (Fsp3) is 0.810. The lowest BCUT2D eigenvalue weighted by molar-refractivity contribution is -0.129. The molecule has 6 nitrogen and oxygen atoms in total. The highest BCUT2D eigenvalue weighted by molar-refractivity contribution is 5.85. The van der Waals surface area contributed by atoms with E-state index in [1.807, 2.05) is 16.7 Å². The minimum absolute atomic E-state index is 0.0899. The van der Waals surface area contributed by atoms with E-state index in [9.17, 15) is 19.2 Å². The summed E-state index contributed by atoms with van der Waals surface area (Å²) in [5.41, 5.74) is 0. The molecule has 0 aromatic carbocycles. The summed E-state index contributed by atoms with van der Waals surface area (Å²) in [5, 5.41) is 0. The van der Waals surface area contributed by atoms with Crippen molar-refractivity contribution in [3.8, 4) is 0 Å².